The summed E-state index contributed by atoms with van der Waals surface area (Å²) in [4.78, 5) is 0. The molecule has 0 aromatic heterocycles. The van der Waals surface area contributed by atoms with Gasteiger partial charge >= 0.3 is 0 Å². The Hall–Kier alpha value is -0.860. The summed E-state index contributed by atoms with van der Waals surface area (Å²) in [5, 5.41) is 3.38. The molecule has 1 atom stereocenters. The monoisotopic (exact) mass is 247 g/mol. The van der Waals surface area contributed by atoms with E-state index >= 15 is 0 Å². The molecule has 2 nitrogen and oxygen atoms in total. The van der Waals surface area contributed by atoms with Crippen molar-refractivity contribution < 1.29 is 4.74 Å². The summed E-state index contributed by atoms with van der Waals surface area (Å²) in [5.41, 5.74) is 5.42. The van der Waals surface area contributed by atoms with Crippen molar-refractivity contribution in [2.24, 2.45) is 0 Å². The zero-order valence-electron chi connectivity index (χ0n) is 12.0. The second-order valence-corrected chi connectivity index (χ2v) is 5.54. The lowest BCUT2D eigenvalue weighted by Crippen LogP contribution is -2.33. The zero-order chi connectivity index (χ0) is 13.1. The van der Waals surface area contributed by atoms with Gasteiger partial charge < -0.3 is 10.1 Å². The van der Waals surface area contributed by atoms with Gasteiger partial charge in [-0.2, -0.15) is 0 Å². The van der Waals surface area contributed by atoms with Crippen molar-refractivity contribution >= 4 is 0 Å². The van der Waals surface area contributed by atoms with Crippen molar-refractivity contribution in [2.45, 2.75) is 52.7 Å². The molecule has 0 radical (unpaired) electrons. The fourth-order valence-electron chi connectivity index (χ4n) is 3.12. The van der Waals surface area contributed by atoms with Gasteiger partial charge in [0.05, 0.1) is 12.2 Å². The van der Waals surface area contributed by atoms with E-state index in [1.54, 1.807) is 0 Å². The fraction of sp³-hybridized carbons (Fsp3) is 0.625. The van der Waals surface area contributed by atoms with Crippen LogP contribution in [0, 0.1) is 20.8 Å². The van der Waals surface area contributed by atoms with E-state index in [0.717, 1.165) is 25.9 Å². The largest absolute Gasteiger partial charge is 0.370 e. The molecule has 18 heavy (non-hydrogen) atoms. The van der Waals surface area contributed by atoms with E-state index in [2.05, 4.69) is 45.1 Å². The lowest BCUT2D eigenvalue weighted by Gasteiger charge is -2.28. The first kappa shape index (κ1) is 13.6. The molecule has 1 aliphatic rings. The number of ether oxygens (including phenoxy) is 1. The van der Waals surface area contributed by atoms with Crippen molar-refractivity contribution in [1.82, 2.24) is 5.32 Å². The van der Waals surface area contributed by atoms with Crippen LogP contribution in [0.1, 0.15) is 48.1 Å². The Kier molecular flexibility index (Phi) is 4.41. The van der Waals surface area contributed by atoms with Gasteiger partial charge in [-0.05, 0) is 70.3 Å². The van der Waals surface area contributed by atoms with Crippen LogP contribution in [0.25, 0.3) is 0 Å². The highest BCUT2D eigenvalue weighted by atomic mass is 16.5. The Morgan fingerprint density at radius 3 is 2.22 bits per heavy atom. The van der Waals surface area contributed by atoms with E-state index < -0.39 is 0 Å². The molecule has 1 aliphatic heterocycles. The van der Waals surface area contributed by atoms with E-state index in [-0.39, 0.29) is 6.10 Å². The van der Waals surface area contributed by atoms with Gasteiger partial charge in [0.15, 0.2) is 0 Å². The number of benzene rings is 1. The minimum atomic E-state index is 0.202. The number of nitrogens with one attached hydrogen (secondary N) is 1. The Balaban J connectivity index is 2.10. The van der Waals surface area contributed by atoms with Crippen molar-refractivity contribution in [3.63, 3.8) is 0 Å². The Bertz CT molecular complexity index is 385. The predicted molar refractivity (Wildman–Crippen MR) is 76.0 cm³/mol. The van der Waals surface area contributed by atoms with Gasteiger partial charge in [0.2, 0.25) is 0 Å². The molecule has 0 bridgehead atoms. The Morgan fingerprint density at radius 1 is 1.11 bits per heavy atom. The molecule has 1 fully saturated rings. The topological polar surface area (TPSA) is 21.3 Å². The van der Waals surface area contributed by atoms with Crippen molar-refractivity contribution in [3.8, 4) is 0 Å². The molecule has 1 heterocycles. The highest BCUT2D eigenvalue weighted by molar-refractivity contribution is 5.38. The van der Waals surface area contributed by atoms with Gasteiger partial charge in [-0.3, -0.25) is 0 Å². The first-order valence-electron chi connectivity index (χ1n) is 7.02. The molecule has 1 saturated heterocycles. The normalized spacial score (nSPS) is 18.9. The van der Waals surface area contributed by atoms with Crippen molar-refractivity contribution in [2.75, 3.05) is 13.1 Å². The second-order valence-electron chi connectivity index (χ2n) is 5.54. The van der Waals surface area contributed by atoms with Crippen LogP contribution in [0.5, 0.6) is 0 Å². The Morgan fingerprint density at radius 2 is 1.67 bits per heavy atom. The number of aryl methyl sites for hydroxylation is 3. The number of piperidine rings is 1. The van der Waals surface area contributed by atoms with Crippen LogP contribution < -0.4 is 5.32 Å². The van der Waals surface area contributed by atoms with E-state index in [1.807, 2.05) is 0 Å². The molecule has 2 rings (SSSR count). The highest BCUT2D eigenvalue weighted by Gasteiger charge is 2.19. The van der Waals surface area contributed by atoms with Crippen LogP contribution in [0.3, 0.4) is 0 Å². The van der Waals surface area contributed by atoms with E-state index in [1.165, 1.54) is 22.3 Å². The molecule has 0 amide bonds. The van der Waals surface area contributed by atoms with Crippen LogP contribution in [0.4, 0.5) is 0 Å². The average molecular weight is 247 g/mol. The standard InChI is InChI=1S/C16H25NO/c1-11-9-12(2)16(13(3)10-11)14(4)18-15-5-7-17-8-6-15/h9-10,14-15,17H,5-8H2,1-4H3. The molecule has 0 saturated carbocycles. The first-order chi connectivity index (χ1) is 8.58. The molecule has 0 aliphatic carbocycles. The lowest BCUT2D eigenvalue weighted by molar-refractivity contribution is -0.0191. The third-order valence-electron chi connectivity index (χ3n) is 3.83. The summed E-state index contributed by atoms with van der Waals surface area (Å²) >= 11 is 0. The molecule has 1 aromatic carbocycles. The molecular weight excluding hydrogens is 222 g/mol. The summed E-state index contributed by atoms with van der Waals surface area (Å²) in [7, 11) is 0. The van der Waals surface area contributed by atoms with Crippen molar-refractivity contribution in [3.05, 3.63) is 34.4 Å². The summed E-state index contributed by atoms with van der Waals surface area (Å²) in [6, 6.07) is 4.51. The summed E-state index contributed by atoms with van der Waals surface area (Å²) in [6.45, 7) is 10.9. The molecule has 2 heteroatoms. The smallest absolute Gasteiger partial charge is 0.0805 e. The minimum Gasteiger partial charge on any atom is -0.370 e. The molecule has 1 unspecified atom stereocenters. The third-order valence-corrected chi connectivity index (χ3v) is 3.83. The zero-order valence-corrected chi connectivity index (χ0v) is 12.0. The number of hydrogen-bond donors (Lipinski definition) is 1. The third kappa shape index (κ3) is 3.12. The molecule has 1 aromatic rings. The predicted octanol–water partition coefficient (Wildman–Crippen LogP) is 3.44. The molecule has 0 spiro atoms. The Labute approximate surface area is 111 Å². The lowest BCUT2D eigenvalue weighted by atomic mass is 9.96. The fourth-order valence-corrected chi connectivity index (χ4v) is 3.12. The van der Waals surface area contributed by atoms with E-state index in [4.69, 9.17) is 4.74 Å². The number of rotatable bonds is 3. The first-order valence-corrected chi connectivity index (χ1v) is 7.02. The van der Waals surface area contributed by atoms with E-state index in [0.29, 0.717) is 6.10 Å². The molecule has 100 valence electrons. The minimum absolute atomic E-state index is 0.202. The average Bonchev–Trinajstić information content (AvgIpc) is 2.28. The summed E-state index contributed by atoms with van der Waals surface area (Å²) in [5.74, 6) is 0. The van der Waals surface area contributed by atoms with Crippen LogP contribution in [-0.4, -0.2) is 19.2 Å². The van der Waals surface area contributed by atoms with Crippen LogP contribution in [0.2, 0.25) is 0 Å². The van der Waals surface area contributed by atoms with Gasteiger partial charge in [0.1, 0.15) is 0 Å². The highest BCUT2D eigenvalue weighted by Crippen LogP contribution is 2.28. The maximum absolute atomic E-state index is 6.24. The van der Waals surface area contributed by atoms with Crippen molar-refractivity contribution in [1.29, 1.82) is 0 Å². The summed E-state index contributed by atoms with van der Waals surface area (Å²) < 4.78 is 6.24. The van der Waals surface area contributed by atoms with Crippen LogP contribution >= 0.6 is 0 Å². The summed E-state index contributed by atoms with van der Waals surface area (Å²) in [6.07, 6.45) is 2.89. The molecule has 1 N–H and O–H groups in total. The van der Waals surface area contributed by atoms with Gasteiger partial charge in [-0.15, -0.1) is 0 Å². The van der Waals surface area contributed by atoms with Gasteiger partial charge in [-0.1, -0.05) is 17.7 Å². The second kappa shape index (κ2) is 5.85. The number of hydrogen-bond acceptors (Lipinski definition) is 2. The maximum Gasteiger partial charge on any atom is 0.0805 e. The quantitative estimate of drug-likeness (QED) is 0.883. The van der Waals surface area contributed by atoms with Gasteiger partial charge in [-0.25, -0.2) is 0 Å². The van der Waals surface area contributed by atoms with Crippen LogP contribution in [-0.2, 0) is 4.74 Å². The van der Waals surface area contributed by atoms with Gasteiger partial charge in [0.25, 0.3) is 0 Å². The maximum atomic E-state index is 6.24. The van der Waals surface area contributed by atoms with Gasteiger partial charge in [0, 0.05) is 0 Å². The van der Waals surface area contributed by atoms with Crippen LogP contribution in [0.15, 0.2) is 12.1 Å². The molecular formula is C16H25NO. The SMILES string of the molecule is Cc1cc(C)c(C(C)OC2CCNCC2)c(C)c1. The van der Waals surface area contributed by atoms with E-state index in [9.17, 15) is 0 Å².